The third-order valence-corrected chi connectivity index (χ3v) is 4.17. The quantitative estimate of drug-likeness (QED) is 0.701. The average molecular weight is 275 g/mol. The van der Waals surface area contributed by atoms with Crippen molar-refractivity contribution in [1.29, 1.82) is 0 Å². The third-order valence-electron chi connectivity index (χ3n) is 2.53. The minimum absolute atomic E-state index is 0.0436. The molecule has 17 heavy (non-hydrogen) atoms. The van der Waals surface area contributed by atoms with Crippen LogP contribution < -0.4 is 0 Å². The van der Waals surface area contributed by atoms with E-state index in [4.69, 9.17) is 0 Å². The second-order valence-corrected chi connectivity index (χ2v) is 5.48. The fourth-order valence-corrected chi connectivity index (χ4v) is 2.86. The monoisotopic (exact) mass is 275 g/mol. The molecule has 1 atom stereocenters. The molecule has 0 aromatic carbocycles. The molecule has 1 heterocycles. The highest BCUT2D eigenvalue weighted by Crippen LogP contribution is 2.32. The summed E-state index contributed by atoms with van der Waals surface area (Å²) in [7, 11) is -4.46. The number of sulfonamides is 1. The number of esters is 1. The van der Waals surface area contributed by atoms with E-state index < -0.39 is 27.5 Å². The van der Waals surface area contributed by atoms with Crippen LogP contribution in [0, 0.1) is 0 Å². The number of carbonyl (C=O) groups excluding carboxylic acids is 1. The predicted octanol–water partition coefficient (Wildman–Crippen LogP) is 0.863. The van der Waals surface area contributed by atoms with E-state index in [9.17, 15) is 26.4 Å². The topological polar surface area (TPSA) is 63.7 Å². The maximum atomic E-state index is 12.4. The zero-order valence-electron chi connectivity index (χ0n) is 9.03. The first-order chi connectivity index (χ1) is 7.71. The van der Waals surface area contributed by atoms with Crippen molar-refractivity contribution < 1.29 is 31.1 Å². The van der Waals surface area contributed by atoms with Gasteiger partial charge in [0.15, 0.2) is 0 Å². The smallest absolute Gasteiger partial charge is 0.468 e. The van der Waals surface area contributed by atoms with Crippen molar-refractivity contribution in [3.05, 3.63) is 0 Å². The Balaban J connectivity index is 3.05. The Labute approximate surface area is 96.6 Å². The molecule has 0 aromatic rings. The molecule has 100 valence electrons. The number of halogens is 3. The van der Waals surface area contributed by atoms with Crippen molar-refractivity contribution in [3.8, 4) is 0 Å². The Morgan fingerprint density at radius 2 is 1.94 bits per heavy atom. The molecule has 5 nitrogen and oxygen atoms in total. The van der Waals surface area contributed by atoms with Crippen LogP contribution in [0.4, 0.5) is 13.2 Å². The van der Waals surface area contributed by atoms with E-state index in [2.05, 4.69) is 4.74 Å². The number of alkyl halides is 3. The Bertz CT molecular complexity index is 392. The summed E-state index contributed by atoms with van der Waals surface area (Å²) in [6.07, 6.45) is 0.828. The number of carbonyl (C=O) groups is 1. The van der Waals surface area contributed by atoms with Crippen LogP contribution in [0.25, 0.3) is 0 Å². The highest BCUT2D eigenvalue weighted by molar-refractivity contribution is 7.90. The highest BCUT2D eigenvalue weighted by atomic mass is 32.2. The molecule has 0 N–H and O–H groups in total. The van der Waals surface area contributed by atoms with Gasteiger partial charge in [-0.2, -0.15) is 17.5 Å². The van der Waals surface area contributed by atoms with Gasteiger partial charge >= 0.3 is 21.5 Å². The van der Waals surface area contributed by atoms with Crippen LogP contribution in [-0.2, 0) is 19.6 Å². The average Bonchev–Trinajstić information content (AvgIpc) is 2.26. The van der Waals surface area contributed by atoms with Gasteiger partial charge in [-0.1, -0.05) is 0 Å². The molecular formula is C8H12F3NO4S. The first kappa shape index (κ1) is 14.2. The summed E-state index contributed by atoms with van der Waals surface area (Å²) >= 11 is 0. The standard InChI is InChI=1S/C8H12F3NO4S/c1-16-7(13)6-4-2-3-5-12(6)17(14,15)8(9,10)11/h6H,2-5H2,1H3. The van der Waals surface area contributed by atoms with Crippen molar-refractivity contribution in [3.63, 3.8) is 0 Å². The van der Waals surface area contributed by atoms with E-state index in [-0.39, 0.29) is 17.3 Å². The molecule has 1 unspecified atom stereocenters. The molecular weight excluding hydrogens is 263 g/mol. The number of hydrogen-bond acceptors (Lipinski definition) is 4. The van der Waals surface area contributed by atoms with E-state index in [0.29, 0.717) is 12.8 Å². The van der Waals surface area contributed by atoms with Crippen LogP contribution in [0.2, 0.25) is 0 Å². The van der Waals surface area contributed by atoms with Gasteiger partial charge in [0.2, 0.25) is 0 Å². The fourth-order valence-electron chi connectivity index (χ4n) is 1.70. The van der Waals surface area contributed by atoms with Gasteiger partial charge in [0.25, 0.3) is 0 Å². The SMILES string of the molecule is COC(=O)C1CCCCN1S(=O)(=O)C(F)(F)F. The van der Waals surface area contributed by atoms with Gasteiger partial charge in [-0.3, -0.25) is 4.79 Å². The lowest BCUT2D eigenvalue weighted by Gasteiger charge is -2.32. The van der Waals surface area contributed by atoms with E-state index >= 15 is 0 Å². The van der Waals surface area contributed by atoms with Gasteiger partial charge in [-0.25, -0.2) is 8.42 Å². The van der Waals surface area contributed by atoms with Crippen LogP contribution in [0.3, 0.4) is 0 Å². The van der Waals surface area contributed by atoms with Crippen molar-refractivity contribution in [1.82, 2.24) is 4.31 Å². The molecule has 0 radical (unpaired) electrons. The minimum atomic E-state index is -5.47. The predicted molar refractivity (Wildman–Crippen MR) is 51.3 cm³/mol. The highest BCUT2D eigenvalue weighted by Gasteiger charge is 2.53. The molecule has 0 aliphatic carbocycles. The lowest BCUT2D eigenvalue weighted by molar-refractivity contribution is -0.146. The molecule has 9 heteroatoms. The second kappa shape index (κ2) is 4.81. The maximum absolute atomic E-state index is 12.4. The summed E-state index contributed by atoms with van der Waals surface area (Å²) in [5.74, 6) is -0.961. The van der Waals surface area contributed by atoms with E-state index in [1.54, 1.807) is 0 Å². The summed E-state index contributed by atoms with van der Waals surface area (Å²) in [6.45, 7) is -0.318. The Morgan fingerprint density at radius 1 is 1.35 bits per heavy atom. The third kappa shape index (κ3) is 2.71. The van der Waals surface area contributed by atoms with Crippen LogP contribution in [0.1, 0.15) is 19.3 Å². The summed E-state index contributed by atoms with van der Waals surface area (Å²) in [5.41, 5.74) is -5.39. The number of hydrogen-bond donors (Lipinski definition) is 0. The van der Waals surface area contributed by atoms with Crippen LogP contribution in [0.5, 0.6) is 0 Å². The number of piperidine rings is 1. The summed E-state index contributed by atoms with van der Waals surface area (Å²) < 4.78 is 64.1. The van der Waals surface area contributed by atoms with Gasteiger partial charge in [0, 0.05) is 6.54 Å². The minimum Gasteiger partial charge on any atom is -0.468 e. The molecule has 1 aliphatic heterocycles. The first-order valence-corrected chi connectivity index (χ1v) is 6.31. The molecule has 1 fully saturated rings. The molecule has 0 saturated carbocycles. The van der Waals surface area contributed by atoms with E-state index in [1.807, 2.05) is 0 Å². The lowest BCUT2D eigenvalue weighted by atomic mass is 10.1. The Hall–Kier alpha value is -0.830. The van der Waals surface area contributed by atoms with E-state index in [0.717, 1.165) is 7.11 Å². The molecule has 0 bridgehead atoms. The molecule has 1 aliphatic rings. The van der Waals surface area contributed by atoms with Crippen molar-refractivity contribution in [2.24, 2.45) is 0 Å². The number of ether oxygens (including phenoxy) is 1. The molecule has 1 rings (SSSR count). The van der Waals surface area contributed by atoms with Gasteiger partial charge in [0.05, 0.1) is 7.11 Å². The summed E-state index contributed by atoms with van der Waals surface area (Å²) in [4.78, 5) is 11.3. The Morgan fingerprint density at radius 3 is 2.41 bits per heavy atom. The molecule has 0 aromatic heterocycles. The zero-order chi connectivity index (χ0) is 13.3. The number of nitrogens with zero attached hydrogens (tertiary/aromatic N) is 1. The fraction of sp³-hybridized carbons (Fsp3) is 0.875. The van der Waals surface area contributed by atoms with Gasteiger partial charge < -0.3 is 4.74 Å². The zero-order valence-corrected chi connectivity index (χ0v) is 9.84. The van der Waals surface area contributed by atoms with Crippen molar-refractivity contribution in [2.75, 3.05) is 13.7 Å². The normalized spacial score (nSPS) is 23.4. The maximum Gasteiger partial charge on any atom is 0.511 e. The lowest BCUT2D eigenvalue weighted by Crippen LogP contribution is -2.52. The van der Waals surface area contributed by atoms with E-state index in [1.165, 1.54) is 0 Å². The molecule has 1 saturated heterocycles. The van der Waals surface area contributed by atoms with Crippen molar-refractivity contribution >= 4 is 16.0 Å². The van der Waals surface area contributed by atoms with Gasteiger partial charge in [-0.05, 0) is 19.3 Å². The largest absolute Gasteiger partial charge is 0.511 e. The Kier molecular flexibility index (Phi) is 4.03. The molecule has 0 spiro atoms. The molecule has 0 amide bonds. The number of methoxy groups -OCH3 is 1. The first-order valence-electron chi connectivity index (χ1n) is 4.87. The summed E-state index contributed by atoms with van der Waals surface area (Å²) in [6, 6.07) is -1.37. The van der Waals surface area contributed by atoms with Gasteiger partial charge in [0.1, 0.15) is 6.04 Å². The van der Waals surface area contributed by atoms with Crippen LogP contribution in [0.15, 0.2) is 0 Å². The van der Waals surface area contributed by atoms with Gasteiger partial charge in [-0.15, -0.1) is 0 Å². The number of rotatable bonds is 2. The van der Waals surface area contributed by atoms with Crippen LogP contribution >= 0.6 is 0 Å². The second-order valence-electron chi connectivity index (χ2n) is 3.60. The van der Waals surface area contributed by atoms with Crippen molar-refractivity contribution in [2.45, 2.75) is 30.8 Å². The summed E-state index contributed by atoms with van der Waals surface area (Å²) in [5, 5.41) is 0. The van der Waals surface area contributed by atoms with Crippen LogP contribution in [-0.4, -0.2) is 43.9 Å².